The first-order chi connectivity index (χ1) is 10.2. The summed E-state index contributed by atoms with van der Waals surface area (Å²) in [5.74, 6) is 0.0278. The summed E-state index contributed by atoms with van der Waals surface area (Å²) in [7, 11) is 0. The molecule has 3 heteroatoms. The van der Waals surface area contributed by atoms with E-state index in [1.54, 1.807) is 0 Å². The molecule has 2 aromatic rings. The van der Waals surface area contributed by atoms with Gasteiger partial charge in [-0.2, -0.15) is 12.6 Å². The zero-order valence-corrected chi connectivity index (χ0v) is 12.7. The first-order valence-corrected chi connectivity index (χ1v) is 7.83. The minimum absolute atomic E-state index is 0.0278. The quantitative estimate of drug-likeness (QED) is 0.835. The van der Waals surface area contributed by atoms with Crippen molar-refractivity contribution in [2.24, 2.45) is 0 Å². The van der Waals surface area contributed by atoms with Gasteiger partial charge in [0.15, 0.2) is 0 Å². The molecule has 1 atom stereocenters. The third-order valence-electron chi connectivity index (χ3n) is 3.97. The predicted octanol–water partition coefficient (Wildman–Crippen LogP) is 2.81. The van der Waals surface area contributed by atoms with Gasteiger partial charge < -0.3 is 5.32 Å². The average molecular weight is 297 g/mol. The van der Waals surface area contributed by atoms with Gasteiger partial charge in [-0.15, -0.1) is 0 Å². The van der Waals surface area contributed by atoms with E-state index in [4.69, 9.17) is 0 Å². The lowest BCUT2D eigenvalue weighted by molar-refractivity contribution is -0.121. The Morgan fingerprint density at radius 1 is 1.05 bits per heavy atom. The van der Waals surface area contributed by atoms with Crippen LogP contribution < -0.4 is 5.32 Å². The number of rotatable bonds is 4. The van der Waals surface area contributed by atoms with Gasteiger partial charge in [0.2, 0.25) is 5.91 Å². The van der Waals surface area contributed by atoms with Crippen LogP contribution in [0.5, 0.6) is 0 Å². The van der Waals surface area contributed by atoms with Crippen molar-refractivity contribution in [1.82, 2.24) is 5.32 Å². The number of nitrogens with one attached hydrogen (secondary N) is 1. The van der Waals surface area contributed by atoms with Crippen LogP contribution in [-0.2, 0) is 24.1 Å². The van der Waals surface area contributed by atoms with Crippen molar-refractivity contribution >= 4 is 18.5 Å². The summed E-state index contributed by atoms with van der Waals surface area (Å²) < 4.78 is 0. The maximum atomic E-state index is 12.3. The molecular formula is C18H19NOS. The second-order valence-electron chi connectivity index (χ2n) is 5.59. The highest BCUT2D eigenvalue weighted by Gasteiger charge is 2.24. The van der Waals surface area contributed by atoms with Crippen LogP contribution in [0.3, 0.4) is 0 Å². The van der Waals surface area contributed by atoms with Crippen molar-refractivity contribution in [2.45, 2.75) is 30.6 Å². The van der Waals surface area contributed by atoms with E-state index >= 15 is 0 Å². The Kier molecular flexibility index (Phi) is 4.30. The van der Waals surface area contributed by atoms with Crippen LogP contribution >= 0.6 is 12.6 Å². The van der Waals surface area contributed by atoms with Gasteiger partial charge in [-0.05, 0) is 36.0 Å². The van der Waals surface area contributed by atoms with E-state index in [2.05, 4.69) is 42.2 Å². The summed E-state index contributed by atoms with van der Waals surface area (Å²) >= 11 is 4.46. The second-order valence-corrected chi connectivity index (χ2v) is 6.21. The van der Waals surface area contributed by atoms with E-state index in [-0.39, 0.29) is 17.2 Å². The molecule has 108 valence electrons. The number of thiol groups is 1. The molecule has 0 bridgehead atoms. The molecule has 0 aromatic heterocycles. The minimum atomic E-state index is -0.295. The molecule has 0 aliphatic heterocycles. The molecular weight excluding hydrogens is 278 g/mol. The molecule has 0 radical (unpaired) electrons. The first kappa shape index (κ1) is 14.2. The molecule has 0 heterocycles. The average Bonchev–Trinajstić information content (AvgIpc) is 2.90. The van der Waals surface area contributed by atoms with Crippen LogP contribution in [0.15, 0.2) is 54.6 Å². The van der Waals surface area contributed by atoms with Crippen molar-refractivity contribution in [2.75, 3.05) is 0 Å². The zero-order chi connectivity index (χ0) is 14.7. The third kappa shape index (κ3) is 3.48. The SMILES string of the molecule is O=C(NC1Cc2ccccc2C1)C(S)Cc1ccccc1. The fourth-order valence-electron chi connectivity index (χ4n) is 2.89. The number of benzene rings is 2. The summed E-state index contributed by atoms with van der Waals surface area (Å²) in [5.41, 5.74) is 3.84. The molecule has 0 fully saturated rings. The Bertz CT molecular complexity index is 601. The van der Waals surface area contributed by atoms with Crippen molar-refractivity contribution in [3.63, 3.8) is 0 Å². The number of carbonyl (C=O) groups is 1. The Labute approximate surface area is 131 Å². The first-order valence-electron chi connectivity index (χ1n) is 7.31. The summed E-state index contributed by atoms with van der Waals surface area (Å²) in [5, 5.41) is 2.84. The molecule has 1 N–H and O–H groups in total. The lowest BCUT2D eigenvalue weighted by atomic mass is 10.1. The van der Waals surface area contributed by atoms with Crippen LogP contribution in [0, 0.1) is 0 Å². The van der Waals surface area contributed by atoms with Gasteiger partial charge in [-0.25, -0.2) is 0 Å². The van der Waals surface area contributed by atoms with Crippen LogP contribution in [0.25, 0.3) is 0 Å². The Morgan fingerprint density at radius 2 is 1.62 bits per heavy atom. The summed E-state index contributed by atoms with van der Waals surface area (Å²) in [6, 6.07) is 18.6. The van der Waals surface area contributed by atoms with E-state index in [0.717, 1.165) is 18.4 Å². The third-order valence-corrected chi connectivity index (χ3v) is 4.39. The summed E-state index contributed by atoms with van der Waals surface area (Å²) in [6.45, 7) is 0. The number of fused-ring (bicyclic) bond motifs is 1. The molecule has 1 aliphatic rings. The van der Waals surface area contributed by atoms with E-state index in [1.165, 1.54) is 11.1 Å². The molecule has 2 nitrogen and oxygen atoms in total. The maximum Gasteiger partial charge on any atom is 0.233 e. The lowest BCUT2D eigenvalue weighted by Crippen LogP contribution is -2.40. The molecule has 2 aromatic carbocycles. The van der Waals surface area contributed by atoms with Gasteiger partial charge >= 0.3 is 0 Å². The van der Waals surface area contributed by atoms with Gasteiger partial charge in [-0.1, -0.05) is 54.6 Å². The number of carbonyl (C=O) groups excluding carboxylic acids is 1. The molecule has 0 spiro atoms. The fourth-order valence-corrected chi connectivity index (χ4v) is 3.17. The van der Waals surface area contributed by atoms with E-state index < -0.39 is 0 Å². The van der Waals surface area contributed by atoms with Crippen LogP contribution in [0.4, 0.5) is 0 Å². The Morgan fingerprint density at radius 3 is 2.24 bits per heavy atom. The largest absolute Gasteiger partial charge is 0.352 e. The van der Waals surface area contributed by atoms with Crippen molar-refractivity contribution in [1.29, 1.82) is 0 Å². The monoisotopic (exact) mass is 297 g/mol. The van der Waals surface area contributed by atoms with Crippen molar-refractivity contribution in [3.8, 4) is 0 Å². The van der Waals surface area contributed by atoms with Crippen molar-refractivity contribution < 1.29 is 4.79 Å². The number of amides is 1. The lowest BCUT2D eigenvalue weighted by Gasteiger charge is -2.16. The van der Waals surface area contributed by atoms with Gasteiger partial charge in [0.25, 0.3) is 0 Å². The van der Waals surface area contributed by atoms with Crippen LogP contribution in [0.1, 0.15) is 16.7 Å². The maximum absolute atomic E-state index is 12.3. The highest BCUT2D eigenvalue weighted by Crippen LogP contribution is 2.22. The topological polar surface area (TPSA) is 29.1 Å². The summed E-state index contributed by atoms with van der Waals surface area (Å²) in [6.07, 6.45) is 2.51. The van der Waals surface area contributed by atoms with Crippen LogP contribution in [0.2, 0.25) is 0 Å². The van der Waals surface area contributed by atoms with E-state index in [0.29, 0.717) is 6.42 Å². The Hall–Kier alpha value is -1.74. The normalized spacial score (nSPS) is 15.5. The second kappa shape index (κ2) is 6.35. The smallest absolute Gasteiger partial charge is 0.233 e. The van der Waals surface area contributed by atoms with Crippen molar-refractivity contribution in [3.05, 3.63) is 71.3 Å². The standard InChI is InChI=1S/C18H19NOS/c20-18(17(21)10-13-6-2-1-3-7-13)19-16-11-14-8-4-5-9-15(14)12-16/h1-9,16-17,21H,10-12H2,(H,19,20). The number of hydrogen-bond acceptors (Lipinski definition) is 2. The van der Waals surface area contributed by atoms with Gasteiger partial charge in [0.1, 0.15) is 0 Å². The Balaban J connectivity index is 1.55. The molecule has 3 rings (SSSR count). The predicted molar refractivity (Wildman–Crippen MR) is 88.7 cm³/mol. The van der Waals surface area contributed by atoms with E-state index in [1.807, 2.05) is 30.3 Å². The highest BCUT2D eigenvalue weighted by atomic mass is 32.1. The highest BCUT2D eigenvalue weighted by molar-refractivity contribution is 7.81. The fraction of sp³-hybridized carbons (Fsp3) is 0.278. The van der Waals surface area contributed by atoms with E-state index in [9.17, 15) is 4.79 Å². The molecule has 1 unspecified atom stereocenters. The van der Waals surface area contributed by atoms with Gasteiger partial charge in [-0.3, -0.25) is 4.79 Å². The molecule has 21 heavy (non-hydrogen) atoms. The number of hydrogen-bond donors (Lipinski definition) is 2. The molecule has 1 amide bonds. The minimum Gasteiger partial charge on any atom is -0.352 e. The summed E-state index contributed by atoms with van der Waals surface area (Å²) in [4.78, 5) is 12.3. The van der Waals surface area contributed by atoms with Crippen LogP contribution in [-0.4, -0.2) is 17.2 Å². The van der Waals surface area contributed by atoms with Gasteiger partial charge in [0.05, 0.1) is 5.25 Å². The zero-order valence-electron chi connectivity index (χ0n) is 11.8. The van der Waals surface area contributed by atoms with Gasteiger partial charge in [0, 0.05) is 6.04 Å². The molecule has 1 aliphatic carbocycles. The molecule has 0 saturated heterocycles. The molecule has 0 saturated carbocycles.